The number of hydrogen-bond donors (Lipinski definition) is 2. The molecule has 1 aliphatic rings. The number of aliphatic hydroxyl groups excluding tert-OH is 1. The van der Waals surface area contributed by atoms with Crippen LogP contribution >= 0.6 is 0 Å². The van der Waals surface area contributed by atoms with Crippen LogP contribution in [0.2, 0.25) is 0 Å². The third-order valence-corrected chi connectivity index (χ3v) is 7.90. The molecule has 0 unspecified atom stereocenters. The zero-order valence-electron chi connectivity index (χ0n) is 22.5. The molecule has 38 heavy (non-hydrogen) atoms. The number of amides is 1. The van der Waals surface area contributed by atoms with Gasteiger partial charge in [-0.1, -0.05) is 0 Å². The van der Waals surface area contributed by atoms with Crippen molar-refractivity contribution < 1.29 is 15.0 Å². The standard InChI is InChI=1S/C26H33N7O5/c1-14-7-18-19(8-15(14)2)32(16(3)28-18)12-21(35)31-10-17(34)9-26(4,38)20(11-31)33-13-27-23-22(33)24(36)30(6)25(37)29(23)5/h7-8,13,17,20,34,38H,9-12H2,1-6H3/t17-,20+,26+/m1/s1. The van der Waals surface area contributed by atoms with Gasteiger partial charge in [-0.2, -0.15) is 0 Å². The maximum absolute atomic E-state index is 13.7. The number of likely N-dealkylation sites (tertiary alicyclic amines) is 1. The lowest BCUT2D eigenvalue weighted by atomic mass is 9.91. The van der Waals surface area contributed by atoms with Crippen LogP contribution in [0.25, 0.3) is 22.2 Å². The summed E-state index contributed by atoms with van der Waals surface area (Å²) in [6, 6.07) is 3.21. The lowest BCUT2D eigenvalue weighted by molar-refractivity contribution is -0.133. The number of aliphatic hydroxyl groups is 2. The largest absolute Gasteiger partial charge is 0.391 e. The molecule has 1 fully saturated rings. The number of nitrogens with zero attached hydrogens (tertiary/aromatic N) is 7. The van der Waals surface area contributed by atoms with E-state index in [-0.39, 0.29) is 43.1 Å². The molecule has 0 aliphatic carbocycles. The number of aromatic nitrogens is 6. The van der Waals surface area contributed by atoms with Gasteiger partial charge in [-0.05, 0) is 51.0 Å². The molecule has 4 heterocycles. The van der Waals surface area contributed by atoms with Crippen LogP contribution in [0.4, 0.5) is 0 Å². The van der Waals surface area contributed by atoms with Crippen LogP contribution in [0.1, 0.15) is 36.3 Å². The number of rotatable bonds is 3. The average molecular weight is 524 g/mol. The maximum Gasteiger partial charge on any atom is 0.332 e. The van der Waals surface area contributed by atoms with Crippen molar-refractivity contribution in [2.45, 2.75) is 58.4 Å². The Balaban J connectivity index is 1.55. The Morgan fingerprint density at radius 2 is 1.79 bits per heavy atom. The first kappa shape index (κ1) is 25.9. The highest BCUT2D eigenvalue weighted by Crippen LogP contribution is 2.33. The van der Waals surface area contributed by atoms with Gasteiger partial charge < -0.3 is 24.2 Å². The SMILES string of the molecule is Cc1cc2nc(C)n(CC(=O)N3C[C@H](O)C[C@](C)(O)[C@@H](n4cnc5c4c(=O)n(C)c(=O)n5C)C3)c2cc1C. The second kappa shape index (κ2) is 8.91. The Labute approximate surface area is 218 Å². The molecule has 12 heteroatoms. The Bertz CT molecular complexity index is 1710. The molecule has 2 N–H and O–H groups in total. The summed E-state index contributed by atoms with van der Waals surface area (Å²) in [6.07, 6.45) is 0.411. The summed E-state index contributed by atoms with van der Waals surface area (Å²) in [6.45, 7) is 7.52. The third-order valence-electron chi connectivity index (χ3n) is 7.90. The summed E-state index contributed by atoms with van der Waals surface area (Å²) in [5.41, 5.74) is 1.65. The van der Waals surface area contributed by atoms with E-state index in [0.29, 0.717) is 5.82 Å². The van der Waals surface area contributed by atoms with E-state index in [2.05, 4.69) is 9.97 Å². The minimum atomic E-state index is -1.48. The van der Waals surface area contributed by atoms with Crippen molar-refractivity contribution in [1.29, 1.82) is 0 Å². The second-order valence-electron chi connectivity index (χ2n) is 10.7. The van der Waals surface area contributed by atoms with E-state index in [1.54, 1.807) is 6.92 Å². The predicted molar refractivity (Wildman–Crippen MR) is 141 cm³/mol. The van der Waals surface area contributed by atoms with Gasteiger partial charge >= 0.3 is 5.69 Å². The Kier molecular flexibility index (Phi) is 6.07. The number of carbonyl (C=O) groups excluding carboxylic acids is 1. The number of fused-ring (bicyclic) bond motifs is 2. The maximum atomic E-state index is 13.7. The number of benzene rings is 1. The molecule has 1 saturated heterocycles. The lowest BCUT2D eigenvalue weighted by Gasteiger charge is -2.34. The van der Waals surface area contributed by atoms with Crippen molar-refractivity contribution in [2.24, 2.45) is 14.1 Å². The molecule has 0 radical (unpaired) electrons. The highest BCUT2D eigenvalue weighted by molar-refractivity contribution is 5.82. The average Bonchev–Trinajstić information content (AvgIpc) is 3.36. The van der Waals surface area contributed by atoms with E-state index in [1.165, 1.54) is 34.5 Å². The number of β-amino-alcohol motifs (C(OH)–C–C–N with tert-alkyl or cyclic N) is 1. The molecule has 202 valence electrons. The first-order chi connectivity index (χ1) is 17.8. The minimum Gasteiger partial charge on any atom is -0.391 e. The fourth-order valence-corrected chi connectivity index (χ4v) is 5.54. The fraction of sp³-hybridized carbons (Fsp3) is 0.500. The highest BCUT2D eigenvalue weighted by atomic mass is 16.3. The smallest absolute Gasteiger partial charge is 0.332 e. The van der Waals surface area contributed by atoms with Crippen LogP contribution in [0, 0.1) is 20.8 Å². The molecule has 1 aliphatic heterocycles. The van der Waals surface area contributed by atoms with Gasteiger partial charge in [0.15, 0.2) is 11.2 Å². The number of imidazole rings is 2. The van der Waals surface area contributed by atoms with Gasteiger partial charge in [-0.3, -0.25) is 18.7 Å². The van der Waals surface area contributed by atoms with Crippen LogP contribution in [0.5, 0.6) is 0 Å². The summed E-state index contributed by atoms with van der Waals surface area (Å²) in [4.78, 5) is 49.6. The first-order valence-corrected chi connectivity index (χ1v) is 12.5. The van der Waals surface area contributed by atoms with Gasteiger partial charge in [-0.15, -0.1) is 0 Å². The molecule has 5 rings (SSSR count). The van der Waals surface area contributed by atoms with Crippen molar-refractivity contribution in [2.75, 3.05) is 13.1 Å². The van der Waals surface area contributed by atoms with Crippen molar-refractivity contribution in [1.82, 2.24) is 33.1 Å². The van der Waals surface area contributed by atoms with E-state index < -0.39 is 29.0 Å². The van der Waals surface area contributed by atoms with Crippen LogP contribution in [0.3, 0.4) is 0 Å². The van der Waals surface area contributed by atoms with Crippen LogP contribution in [-0.4, -0.2) is 74.1 Å². The zero-order valence-corrected chi connectivity index (χ0v) is 22.5. The molecule has 0 bridgehead atoms. The van der Waals surface area contributed by atoms with E-state index in [4.69, 9.17) is 0 Å². The second-order valence-corrected chi connectivity index (χ2v) is 10.7. The molecule has 12 nitrogen and oxygen atoms in total. The first-order valence-electron chi connectivity index (χ1n) is 12.5. The van der Waals surface area contributed by atoms with E-state index in [0.717, 1.165) is 26.7 Å². The van der Waals surface area contributed by atoms with Crippen molar-refractivity contribution in [3.63, 3.8) is 0 Å². The van der Waals surface area contributed by atoms with Crippen molar-refractivity contribution in [3.05, 3.63) is 56.2 Å². The Hall–Kier alpha value is -3.77. The van der Waals surface area contributed by atoms with Crippen molar-refractivity contribution in [3.8, 4) is 0 Å². The normalized spacial score (nSPS) is 22.4. The van der Waals surface area contributed by atoms with Gasteiger partial charge in [-0.25, -0.2) is 14.8 Å². The topological polar surface area (TPSA) is 140 Å². The number of hydrogen-bond acceptors (Lipinski definition) is 7. The van der Waals surface area contributed by atoms with Crippen LogP contribution in [-0.2, 0) is 25.4 Å². The molecule has 1 amide bonds. The van der Waals surface area contributed by atoms with Gasteiger partial charge in [0.25, 0.3) is 5.56 Å². The molecule has 3 aromatic heterocycles. The predicted octanol–water partition coefficient (Wildman–Crippen LogP) is 0.294. The van der Waals surface area contributed by atoms with Gasteiger partial charge in [0, 0.05) is 33.6 Å². The molecule has 0 saturated carbocycles. The summed E-state index contributed by atoms with van der Waals surface area (Å²) < 4.78 is 5.64. The fourth-order valence-electron chi connectivity index (χ4n) is 5.54. The number of aryl methyl sites for hydroxylation is 4. The van der Waals surface area contributed by atoms with E-state index in [9.17, 15) is 24.6 Å². The monoisotopic (exact) mass is 523 g/mol. The minimum absolute atomic E-state index is 0.00730. The van der Waals surface area contributed by atoms with Gasteiger partial charge in [0.1, 0.15) is 12.4 Å². The summed E-state index contributed by atoms with van der Waals surface area (Å²) in [5.74, 6) is 0.444. The molecule has 4 aromatic rings. The van der Waals surface area contributed by atoms with E-state index in [1.807, 2.05) is 37.5 Å². The third kappa shape index (κ3) is 4.04. The Morgan fingerprint density at radius 3 is 2.50 bits per heavy atom. The molecule has 0 spiro atoms. The van der Waals surface area contributed by atoms with Gasteiger partial charge in [0.2, 0.25) is 5.91 Å². The molecule has 1 aromatic carbocycles. The van der Waals surface area contributed by atoms with Crippen molar-refractivity contribution >= 4 is 28.1 Å². The van der Waals surface area contributed by atoms with Crippen LogP contribution < -0.4 is 11.2 Å². The highest BCUT2D eigenvalue weighted by Gasteiger charge is 2.42. The summed E-state index contributed by atoms with van der Waals surface area (Å²) in [5, 5.41) is 22.2. The molecular formula is C26H33N7O5. The Morgan fingerprint density at radius 1 is 1.11 bits per heavy atom. The molecule has 3 atom stereocenters. The quantitative estimate of drug-likeness (QED) is 0.393. The number of carbonyl (C=O) groups is 1. The molecular weight excluding hydrogens is 490 g/mol. The van der Waals surface area contributed by atoms with E-state index >= 15 is 0 Å². The van der Waals surface area contributed by atoms with Crippen LogP contribution in [0.15, 0.2) is 28.0 Å². The zero-order chi connectivity index (χ0) is 27.7. The lowest BCUT2D eigenvalue weighted by Crippen LogP contribution is -2.44. The van der Waals surface area contributed by atoms with Gasteiger partial charge in [0.05, 0.1) is 35.1 Å². The summed E-state index contributed by atoms with van der Waals surface area (Å²) in [7, 11) is 2.90. The summed E-state index contributed by atoms with van der Waals surface area (Å²) >= 11 is 0.